The maximum absolute atomic E-state index is 13.2. The molecule has 0 saturated heterocycles. The average molecular weight is 642 g/mol. The van der Waals surface area contributed by atoms with Crippen molar-refractivity contribution >= 4 is 61.6 Å². The Morgan fingerprint density at radius 1 is 1.18 bits per heavy atom. The summed E-state index contributed by atoms with van der Waals surface area (Å²) in [4.78, 5) is 29.5. The number of halogens is 2. The molecule has 0 aliphatic carbocycles. The number of aromatic nitrogens is 2. The maximum Gasteiger partial charge on any atom is 0.344 e. The summed E-state index contributed by atoms with van der Waals surface area (Å²) in [6.45, 7) is 6.10. The van der Waals surface area contributed by atoms with Gasteiger partial charge in [0, 0.05) is 10.9 Å². The first-order chi connectivity index (χ1) is 16.4. The van der Waals surface area contributed by atoms with E-state index >= 15 is 0 Å². The van der Waals surface area contributed by atoms with Crippen LogP contribution in [-0.2, 0) is 16.0 Å². The van der Waals surface area contributed by atoms with Crippen LogP contribution in [-0.4, -0.2) is 41.7 Å². The molecule has 0 saturated carbocycles. The summed E-state index contributed by atoms with van der Waals surface area (Å²) < 4.78 is 19.2. The number of hydrogen-bond donors (Lipinski definition) is 0. The highest BCUT2D eigenvalue weighted by atomic mass is 127. The highest BCUT2D eigenvalue weighted by Gasteiger charge is 2.15. The van der Waals surface area contributed by atoms with Gasteiger partial charge >= 0.3 is 5.97 Å². The Balaban J connectivity index is 2.00. The number of esters is 1. The van der Waals surface area contributed by atoms with Gasteiger partial charge < -0.3 is 14.2 Å². The molecule has 3 aromatic rings. The minimum Gasteiger partial charge on any atom is -0.490 e. The monoisotopic (exact) mass is 641 g/mol. The summed E-state index contributed by atoms with van der Waals surface area (Å²) in [6.07, 6.45) is 3.02. The number of ether oxygens (including phenoxy) is 3. The lowest BCUT2D eigenvalue weighted by Crippen LogP contribution is -2.22. The molecule has 0 bridgehead atoms. The fraction of sp³-hybridized carbons (Fsp3) is 0.333. The molecule has 0 amide bonds. The van der Waals surface area contributed by atoms with Crippen LogP contribution in [0.25, 0.3) is 10.9 Å². The van der Waals surface area contributed by atoms with Gasteiger partial charge in [-0.15, -0.1) is 0 Å². The molecule has 0 atom stereocenters. The quantitative estimate of drug-likeness (QED) is 0.177. The van der Waals surface area contributed by atoms with E-state index in [9.17, 15) is 9.59 Å². The third kappa shape index (κ3) is 6.35. The van der Waals surface area contributed by atoms with Crippen molar-refractivity contribution in [2.45, 2.75) is 33.6 Å². The predicted molar refractivity (Wildman–Crippen MR) is 143 cm³/mol. The van der Waals surface area contributed by atoms with E-state index in [-0.39, 0.29) is 18.8 Å². The molecular formula is C24H25BrIN3O5. The molecule has 3 rings (SSSR count). The molecule has 0 aliphatic rings. The first-order valence-corrected chi connectivity index (χ1v) is 12.7. The predicted octanol–water partition coefficient (Wildman–Crippen LogP) is 4.94. The summed E-state index contributed by atoms with van der Waals surface area (Å²) >= 11 is 5.52. The molecular weight excluding hydrogens is 617 g/mol. The molecule has 2 aromatic carbocycles. The van der Waals surface area contributed by atoms with Crippen molar-refractivity contribution in [2.24, 2.45) is 5.10 Å². The largest absolute Gasteiger partial charge is 0.490 e. The van der Waals surface area contributed by atoms with E-state index in [0.717, 1.165) is 14.5 Å². The molecule has 34 heavy (non-hydrogen) atoms. The number of aryl methyl sites for hydroxylation is 1. The van der Waals surface area contributed by atoms with Gasteiger partial charge in [-0.05, 0) is 78.8 Å². The normalized spacial score (nSPS) is 11.2. The highest BCUT2D eigenvalue weighted by Crippen LogP contribution is 2.34. The van der Waals surface area contributed by atoms with E-state index in [1.54, 1.807) is 25.3 Å². The molecule has 1 heterocycles. The van der Waals surface area contributed by atoms with Gasteiger partial charge in [-0.25, -0.2) is 9.78 Å². The van der Waals surface area contributed by atoms with Gasteiger partial charge in [0.25, 0.3) is 5.56 Å². The van der Waals surface area contributed by atoms with Gasteiger partial charge in [0.15, 0.2) is 18.1 Å². The zero-order valence-corrected chi connectivity index (χ0v) is 22.9. The van der Waals surface area contributed by atoms with Gasteiger partial charge in [0.1, 0.15) is 5.82 Å². The summed E-state index contributed by atoms with van der Waals surface area (Å²) in [5, 5.41) is 4.96. The van der Waals surface area contributed by atoms with Crippen LogP contribution in [0.5, 0.6) is 11.5 Å². The summed E-state index contributed by atoms with van der Waals surface area (Å²) in [6, 6.07) is 9.02. The average Bonchev–Trinajstić information content (AvgIpc) is 2.79. The molecule has 0 radical (unpaired) electrons. The molecule has 0 fully saturated rings. The standard InChI is InChI=1S/C24H25BrIN3O5/c1-4-7-21-28-19-9-8-16(25)12-17(19)24(31)29(21)27-13-15-10-18(26)23(20(11-15)32-5-2)34-14-22(30)33-6-3/h8-13H,4-7,14H2,1-3H3. The number of nitrogens with zero attached hydrogens (tertiary/aromatic N) is 3. The second-order valence-electron chi connectivity index (χ2n) is 7.16. The van der Waals surface area contributed by atoms with Gasteiger partial charge in [0.2, 0.25) is 0 Å². The minimum absolute atomic E-state index is 0.217. The number of fused-ring (bicyclic) bond motifs is 1. The van der Waals surface area contributed by atoms with E-state index in [0.29, 0.717) is 46.8 Å². The topological polar surface area (TPSA) is 92.0 Å². The molecule has 0 N–H and O–H groups in total. The van der Waals surface area contributed by atoms with Crippen LogP contribution >= 0.6 is 38.5 Å². The lowest BCUT2D eigenvalue weighted by atomic mass is 10.2. The SMILES string of the molecule is CCCc1nc2ccc(Br)cc2c(=O)n1N=Cc1cc(I)c(OCC(=O)OCC)c(OCC)c1. The minimum atomic E-state index is -0.454. The van der Waals surface area contributed by atoms with Crippen LogP contribution in [0.3, 0.4) is 0 Å². The third-order valence-corrected chi connectivity index (χ3v) is 5.94. The molecule has 0 unspecified atom stereocenters. The van der Waals surface area contributed by atoms with Gasteiger partial charge in [-0.2, -0.15) is 9.78 Å². The Labute approximate surface area is 219 Å². The second kappa shape index (κ2) is 12.3. The zero-order valence-electron chi connectivity index (χ0n) is 19.1. The van der Waals surface area contributed by atoms with Crippen LogP contribution in [0.15, 0.2) is 44.7 Å². The molecule has 8 nitrogen and oxygen atoms in total. The van der Waals surface area contributed by atoms with Crippen molar-refractivity contribution in [2.75, 3.05) is 19.8 Å². The first-order valence-electron chi connectivity index (χ1n) is 10.9. The lowest BCUT2D eigenvalue weighted by Gasteiger charge is -2.14. The Morgan fingerprint density at radius 3 is 2.68 bits per heavy atom. The smallest absolute Gasteiger partial charge is 0.344 e. The maximum atomic E-state index is 13.2. The fourth-order valence-corrected chi connectivity index (χ4v) is 4.37. The number of carbonyl (C=O) groups excluding carboxylic acids is 1. The Bertz CT molecular complexity index is 1280. The number of hydrogen-bond acceptors (Lipinski definition) is 7. The van der Waals surface area contributed by atoms with Crippen LogP contribution < -0.4 is 15.0 Å². The van der Waals surface area contributed by atoms with Crippen LogP contribution in [0.2, 0.25) is 0 Å². The van der Waals surface area contributed by atoms with Gasteiger partial charge in [0.05, 0.1) is 33.9 Å². The van der Waals surface area contributed by atoms with Crippen molar-refractivity contribution in [1.29, 1.82) is 0 Å². The molecule has 10 heteroatoms. The van der Waals surface area contributed by atoms with Gasteiger partial charge in [-0.3, -0.25) is 4.79 Å². The van der Waals surface area contributed by atoms with E-state index in [1.807, 2.05) is 32.0 Å². The molecule has 0 aliphatic heterocycles. The number of carbonyl (C=O) groups is 1. The second-order valence-corrected chi connectivity index (χ2v) is 9.24. The van der Waals surface area contributed by atoms with Crippen LogP contribution in [0.4, 0.5) is 0 Å². The summed E-state index contributed by atoms with van der Waals surface area (Å²) in [7, 11) is 0. The third-order valence-electron chi connectivity index (χ3n) is 4.64. The van der Waals surface area contributed by atoms with Crippen molar-refractivity contribution < 1.29 is 19.0 Å². The number of rotatable bonds is 10. The lowest BCUT2D eigenvalue weighted by molar-refractivity contribution is -0.145. The Hall–Kier alpha value is -2.47. The Kier molecular flexibility index (Phi) is 9.45. The van der Waals surface area contributed by atoms with Gasteiger partial charge in [-0.1, -0.05) is 22.9 Å². The Morgan fingerprint density at radius 2 is 1.97 bits per heavy atom. The highest BCUT2D eigenvalue weighted by molar-refractivity contribution is 14.1. The summed E-state index contributed by atoms with van der Waals surface area (Å²) in [5.74, 6) is 1.06. The zero-order chi connectivity index (χ0) is 24.7. The number of benzene rings is 2. The van der Waals surface area contributed by atoms with Crippen LogP contribution in [0.1, 0.15) is 38.6 Å². The van der Waals surface area contributed by atoms with E-state index in [1.165, 1.54) is 4.68 Å². The van der Waals surface area contributed by atoms with Crippen LogP contribution in [0, 0.1) is 3.57 Å². The van der Waals surface area contributed by atoms with Crippen molar-refractivity contribution in [3.05, 3.63) is 60.1 Å². The van der Waals surface area contributed by atoms with Crippen molar-refractivity contribution in [1.82, 2.24) is 9.66 Å². The summed E-state index contributed by atoms with van der Waals surface area (Å²) in [5.41, 5.74) is 1.11. The molecule has 1 aromatic heterocycles. The fourth-order valence-electron chi connectivity index (χ4n) is 3.22. The van der Waals surface area contributed by atoms with Crippen molar-refractivity contribution in [3.8, 4) is 11.5 Å². The molecule has 180 valence electrons. The van der Waals surface area contributed by atoms with E-state index in [2.05, 4.69) is 48.6 Å². The molecule has 0 spiro atoms. The van der Waals surface area contributed by atoms with E-state index in [4.69, 9.17) is 14.2 Å². The van der Waals surface area contributed by atoms with E-state index < -0.39 is 5.97 Å². The van der Waals surface area contributed by atoms with Crippen molar-refractivity contribution in [3.63, 3.8) is 0 Å². The first kappa shape index (κ1) is 26.1.